The van der Waals surface area contributed by atoms with Gasteiger partial charge in [-0.2, -0.15) is 0 Å². The van der Waals surface area contributed by atoms with Crippen LogP contribution < -0.4 is 0 Å². The van der Waals surface area contributed by atoms with Gasteiger partial charge in [-0.25, -0.2) is 0 Å². The first-order chi connectivity index (χ1) is 8.27. The zero-order valence-corrected chi connectivity index (χ0v) is 11.2. The van der Waals surface area contributed by atoms with Gasteiger partial charge in [-0.1, -0.05) is 19.8 Å². The van der Waals surface area contributed by atoms with Crippen LogP contribution in [0, 0.1) is 5.92 Å². The highest BCUT2D eigenvalue weighted by molar-refractivity contribution is 5.05. The fraction of sp³-hybridized carbons (Fsp3) is 1.00. The van der Waals surface area contributed by atoms with Crippen LogP contribution in [0.3, 0.4) is 0 Å². The molecule has 3 nitrogen and oxygen atoms in total. The van der Waals surface area contributed by atoms with Gasteiger partial charge < -0.3 is 9.47 Å². The lowest BCUT2D eigenvalue weighted by Crippen LogP contribution is -2.55. The van der Waals surface area contributed by atoms with E-state index in [9.17, 15) is 0 Å². The average Bonchev–Trinajstić information content (AvgIpc) is 2.85. The van der Waals surface area contributed by atoms with Crippen molar-refractivity contribution in [2.45, 2.75) is 63.3 Å². The van der Waals surface area contributed by atoms with Gasteiger partial charge in [0.2, 0.25) is 0 Å². The summed E-state index contributed by atoms with van der Waals surface area (Å²) in [6.07, 6.45) is 7.71. The summed E-state index contributed by atoms with van der Waals surface area (Å²) in [4.78, 5) is 2.55. The number of ether oxygens (including phenoxy) is 2. The van der Waals surface area contributed by atoms with Crippen LogP contribution in [0.25, 0.3) is 0 Å². The third-order valence-corrected chi connectivity index (χ3v) is 5.09. The van der Waals surface area contributed by atoms with E-state index in [-0.39, 0.29) is 5.79 Å². The molecule has 0 aliphatic carbocycles. The van der Waals surface area contributed by atoms with E-state index in [0.717, 1.165) is 31.6 Å². The minimum absolute atomic E-state index is 0.244. The van der Waals surface area contributed by atoms with Crippen molar-refractivity contribution in [3.05, 3.63) is 0 Å². The number of fused-ring (bicyclic) bond motifs is 3. The summed E-state index contributed by atoms with van der Waals surface area (Å²) in [6, 6.07) is 1.29. The minimum atomic E-state index is -0.244. The molecule has 3 saturated heterocycles. The standard InChI is InChI=1S/C14H25NO2/c1-3-4-5-11-10-13-14(16-8-9-17-14)7-6-12(11)15(13)2/h11-13H,3-10H2,1-2H3/t11?,12-,13-/m1/s1. The summed E-state index contributed by atoms with van der Waals surface area (Å²) in [6.45, 7) is 3.86. The number of unbranched alkanes of at least 4 members (excludes halogenated alkanes) is 1. The predicted octanol–water partition coefficient (Wildman–Crippen LogP) is 2.40. The highest BCUT2D eigenvalue weighted by atomic mass is 16.7. The molecule has 0 aromatic carbocycles. The molecule has 0 saturated carbocycles. The molecule has 3 rings (SSSR count). The fourth-order valence-corrected chi connectivity index (χ4v) is 4.20. The van der Waals surface area contributed by atoms with Gasteiger partial charge in [0.25, 0.3) is 0 Å². The van der Waals surface area contributed by atoms with Crippen molar-refractivity contribution < 1.29 is 9.47 Å². The molecule has 3 aliphatic heterocycles. The molecule has 0 aromatic rings. The second kappa shape index (κ2) is 4.52. The van der Waals surface area contributed by atoms with Crippen LogP contribution in [-0.4, -0.2) is 43.0 Å². The van der Waals surface area contributed by atoms with Crippen LogP contribution in [0.15, 0.2) is 0 Å². The van der Waals surface area contributed by atoms with Gasteiger partial charge in [-0.15, -0.1) is 0 Å². The number of piperidine rings is 1. The molecule has 1 spiro atoms. The van der Waals surface area contributed by atoms with E-state index >= 15 is 0 Å². The maximum Gasteiger partial charge on any atom is 0.184 e. The number of nitrogens with zero attached hydrogens (tertiary/aromatic N) is 1. The second-order valence-electron chi connectivity index (χ2n) is 5.93. The first-order valence-electron chi connectivity index (χ1n) is 7.26. The van der Waals surface area contributed by atoms with E-state index < -0.39 is 0 Å². The molecule has 0 N–H and O–H groups in total. The maximum atomic E-state index is 5.97. The van der Waals surface area contributed by atoms with Crippen LogP contribution >= 0.6 is 0 Å². The van der Waals surface area contributed by atoms with Crippen molar-refractivity contribution >= 4 is 0 Å². The normalized spacial score (nSPS) is 40.2. The zero-order chi connectivity index (χ0) is 11.9. The van der Waals surface area contributed by atoms with Crippen LogP contribution in [0.1, 0.15) is 45.4 Å². The minimum Gasteiger partial charge on any atom is -0.346 e. The highest BCUT2D eigenvalue weighted by Gasteiger charge is 2.56. The van der Waals surface area contributed by atoms with Gasteiger partial charge in [0.15, 0.2) is 5.79 Å². The van der Waals surface area contributed by atoms with Crippen molar-refractivity contribution in [3.8, 4) is 0 Å². The molecule has 0 aromatic heterocycles. The number of hydrogen-bond donors (Lipinski definition) is 0. The number of likely N-dealkylation sites (N-methyl/N-ethyl adjacent to an activating group) is 1. The lowest BCUT2D eigenvalue weighted by molar-refractivity contribution is -0.215. The third kappa shape index (κ3) is 1.83. The SMILES string of the molecule is CCCCC1C[C@H]2N(C)[C@@H]1CCC21OCCO1. The largest absolute Gasteiger partial charge is 0.346 e. The molecular weight excluding hydrogens is 214 g/mol. The highest BCUT2D eigenvalue weighted by Crippen LogP contribution is 2.48. The Bertz CT molecular complexity index is 275. The summed E-state index contributed by atoms with van der Waals surface area (Å²) < 4.78 is 11.9. The van der Waals surface area contributed by atoms with Crippen molar-refractivity contribution in [2.75, 3.05) is 20.3 Å². The molecule has 1 unspecified atom stereocenters. The number of hydrogen-bond acceptors (Lipinski definition) is 3. The van der Waals surface area contributed by atoms with E-state index in [0.29, 0.717) is 6.04 Å². The molecule has 3 aliphatic rings. The van der Waals surface area contributed by atoms with Crippen LogP contribution in [0.4, 0.5) is 0 Å². The van der Waals surface area contributed by atoms with Gasteiger partial charge in [-0.3, -0.25) is 4.90 Å². The zero-order valence-electron chi connectivity index (χ0n) is 11.2. The molecule has 0 amide bonds. The summed E-state index contributed by atoms with van der Waals surface area (Å²) in [5.41, 5.74) is 0. The Balaban J connectivity index is 1.73. The summed E-state index contributed by atoms with van der Waals surface area (Å²) in [7, 11) is 2.27. The van der Waals surface area contributed by atoms with E-state index in [2.05, 4.69) is 18.9 Å². The van der Waals surface area contributed by atoms with Crippen molar-refractivity contribution in [1.82, 2.24) is 4.90 Å². The van der Waals surface area contributed by atoms with Crippen molar-refractivity contribution in [2.24, 2.45) is 5.92 Å². The molecule has 3 atom stereocenters. The Morgan fingerprint density at radius 2 is 2.06 bits per heavy atom. The molecule has 3 heteroatoms. The lowest BCUT2D eigenvalue weighted by Gasteiger charge is -2.43. The molecule has 3 fully saturated rings. The van der Waals surface area contributed by atoms with E-state index in [1.165, 1.54) is 32.1 Å². The Labute approximate surface area is 104 Å². The quantitative estimate of drug-likeness (QED) is 0.755. The molecule has 0 radical (unpaired) electrons. The lowest BCUT2D eigenvalue weighted by atomic mass is 9.92. The molecule has 17 heavy (non-hydrogen) atoms. The fourth-order valence-electron chi connectivity index (χ4n) is 4.20. The van der Waals surface area contributed by atoms with E-state index in [1.807, 2.05) is 0 Å². The van der Waals surface area contributed by atoms with Gasteiger partial charge >= 0.3 is 0 Å². The Morgan fingerprint density at radius 1 is 1.29 bits per heavy atom. The molecule has 2 bridgehead atoms. The van der Waals surface area contributed by atoms with Crippen molar-refractivity contribution in [1.29, 1.82) is 0 Å². The first kappa shape index (κ1) is 11.9. The molecule has 3 heterocycles. The van der Waals surface area contributed by atoms with Gasteiger partial charge in [0.05, 0.1) is 19.3 Å². The molecular formula is C14H25NO2. The van der Waals surface area contributed by atoms with Crippen LogP contribution in [0.2, 0.25) is 0 Å². The maximum absolute atomic E-state index is 5.97. The Morgan fingerprint density at radius 3 is 2.76 bits per heavy atom. The summed E-state index contributed by atoms with van der Waals surface area (Å²) >= 11 is 0. The Kier molecular flexibility index (Phi) is 3.18. The average molecular weight is 239 g/mol. The smallest absolute Gasteiger partial charge is 0.184 e. The topological polar surface area (TPSA) is 21.7 Å². The van der Waals surface area contributed by atoms with Gasteiger partial charge in [-0.05, 0) is 32.2 Å². The summed E-state index contributed by atoms with van der Waals surface area (Å²) in [5.74, 6) is 0.629. The van der Waals surface area contributed by atoms with E-state index in [1.54, 1.807) is 0 Å². The second-order valence-corrected chi connectivity index (χ2v) is 5.93. The van der Waals surface area contributed by atoms with Gasteiger partial charge in [0.1, 0.15) is 0 Å². The van der Waals surface area contributed by atoms with Crippen LogP contribution in [0.5, 0.6) is 0 Å². The summed E-state index contributed by atoms with van der Waals surface area (Å²) in [5, 5.41) is 0. The number of rotatable bonds is 3. The van der Waals surface area contributed by atoms with Gasteiger partial charge in [0, 0.05) is 12.5 Å². The predicted molar refractivity (Wildman–Crippen MR) is 66.8 cm³/mol. The molecule has 98 valence electrons. The monoisotopic (exact) mass is 239 g/mol. The van der Waals surface area contributed by atoms with Crippen molar-refractivity contribution in [3.63, 3.8) is 0 Å². The van der Waals surface area contributed by atoms with Crippen LogP contribution in [-0.2, 0) is 9.47 Å². The first-order valence-corrected chi connectivity index (χ1v) is 7.26. The van der Waals surface area contributed by atoms with E-state index in [4.69, 9.17) is 9.47 Å². The Hall–Kier alpha value is -0.120. The third-order valence-electron chi connectivity index (χ3n) is 5.09.